The summed E-state index contributed by atoms with van der Waals surface area (Å²) in [4.78, 5) is 12.5. The number of hydrogen-bond donors (Lipinski definition) is 0. The maximum absolute atomic E-state index is 10.6. The second-order valence-corrected chi connectivity index (χ2v) is 4.91. The van der Waals surface area contributed by atoms with Crippen molar-refractivity contribution in [2.75, 3.05) is 25.6 Å². The van der Waals surface area contributed by atoms with E-state index in [9.17, 15) is 4.79 Å². The third-order valence-electron chi connectivity index (χ3n) is 3.07. The van der Waals surface area contributed by atoms with Crippen LogP contribution in [0.5, 0.6) is 5.75 Å². The minimum Gasteiger partial charge on any atom is -0.494 e. The number of ether oxygens (including phenoxy) is 1. The van der Waals surface area contributed by atoms with E-state index in [2.05, 4.69) is 22.9 Å². The zero-order chi connectivity index (χ0) is 13.2. The van der Waals surface area contributed by atoms with Crippen molar-refractivity contribution in [3.63, 3.8) is 0 Å². The van der Waals surface area contributed by atoms with Crippen LogP contribution in [-0.4, -0.2) is 27.0 Å². The van der Waals surface area contributed by atoms with Gasteiger partial charge in [-0.25, -0.2) is 0 Å². The van der Waals surface area contributed by atoms with Gasteiger partial charge in [-0.3, -0.25) is 0 Å². The van der Waals surface area contributed by atoms with Crippen molar-refractivity contribution in [2.45, 2.75) is 20.8 Å². The van der Waals surface area contributed by atoms with Gasteiger partial charge in [0.05, 0.1) is 19.3 Å². The maximum atomic E-state index is 10.6. The Morgan fingerprint density at radius 1 is 1.24 bits per heavy atom. The lowest BCUT2D eigenvalue weighted by molar-refractivity contribution is -0.106. The molecule has 0 spiro atoms. The van der Waals surface area contributed by atoms with Crippen molar-refractivity contribution in [2.24, 2.45) is 0 Å². The van der Waals surface area contributed by atoms with Crippen LogP contribution in [0.1, 0.15) is 16.7 Å². The van der Waals surface area contributed by atoms with E-state index >= 15 is 0 Å². The van der Waals surface area contributed by atoms with E-state index in [1.807, 2.05) is 25.8 Å². The van der Waals surface area contributed by atoms with Gasteiger partial charge in [0, 0.05) is 11.5 Å². The van der Waals surface area contributed by atoms with Crippen LogP contribution in [0, 0.1) is 20.8 Å². The monoisotopic (exact) mass is 299 g/mol. The molecule has 3 nitrogen and oxygen atoms in total. The Labute approximate surface area is 111 Å². The molecule has 0 fully saturated rings. The third kappa shape index (κ3) is 2.46. The Morgan fingerprint density at radius 2 is 1.82 bits per heavy atom. The number of carbonyl (C=O) groups is 1. The van der Waals surface area contributed by atoms with Crippen LogP contribution >= 0.6 is 15.9 Å². The van der Waals surface area contributed by atoms with E-state index in [0.717, 1.165) is 33.3 Å². The van der Waals surface area contributed by atoms with Crippen LogP contribution in [0.25, 0.3) is 0 Å². The van der Waals surface area contributed by atoms with E-state index < -0.39 is 0 Å². The molecule has 1 aromatic carbocycles. The summed E-state index contributed by atoms with van der Waals surface area (Å²) in [7, 11) is 3.55. The summed E-state index contributed by atoms with van der Waals surface area (Å²) in [5.74, 6) is 0.840. The fourth-order valence-electron chi connectivity index (χ4n) is 1.98. The number of hydrogen-bond acceptors (Lipinski definition) is 3. The number of nitrogens with zero attached hydrogens (tertiary/aromatic N) is 1. The molecular weight excluding hydrogens is 282 g/mol. The highest BCUT2D eigenvalue weighted by atomic mass is 79.9. The first-order valence-electron chi connectivity index (χ1n) is 5.43. The lowest BCUT2D eigenvalue weighted by Gasteiger charge is -2.25. The molecule has 0 unspecified atom stereocenters. The molecule has 17 heavy (non-hydrogen) atoms. The van der Waals surface area contributed by atoms with E-state index in [-0.39, 0.29) is 0 Å². The Hall–Kier alpha value is -1.03. The highest BCUT2D eigenvalue weighted by Crippen LogP contribution is 2.41. The topological polar surface area (TPSA) is 29.5 Å². The standard InChI is InChI=1S/C13H18BrNO2/c1-8-9(2)13(17-5)12(10(3)11(8)14)15(4)6-7-16/h7H,6H2,1-5H3. The van der Waals surface area contributed by atoms with Crippen LogP contribution in [0.15, 0.2) is 4.47 Å². The predicted molar refractivity (Wildman–Crippen MR) is 74.2 cm³/mol. The first-order valence-corrected chi connectivity index (χ1v) is 6.23. The van der Waals surface area contributed by atoms with Gasteiger partial charge in [-0.05, 0) is 37.5 Å². The molecule has 0 amide bonds. The molecule has 0 heterocycles. The Morgan fingerprint density at radius 3 is 2.29 bits per heavy atom. The molecule has 1 aromatic rings. The number of carbonyl (C=O) groups excluding carboxylic acids is 1. The number of methoxy groups -OCH3 is 1. The largest absolute Gasteiger partial charge is 0.494 e. The Balaban J connectivity index is 3.51. The van der Waals surface area contributed by atoms with Gasteiger partial charge in [-0.15, -0.1) is 0 Å². The van der Waals surface area contributed by atoms with Crippen LogP contribution in [0.2, 0.25) is 0 Å². The normalized spacial score (nSPS) is 10.2. The smallest absolute Gasteiger partial charge is 0.145 e. The van der Waals surface area contributed by atoms with Crippen LogP contribution in [-0.2, 0) is 4.79 Å². The molecule has 4 heteroatoms. The molecule has 0 saturated heterocycles. The van der Waals surface area contributed by atoms with E-state index in [4.69, 9.17) is 4.74 Å². The molecule has 1 rings (SSSR count). The summed E-state index contributed by atoms with van der Waals surface area (Å²) in [5.41, 5.74) is 4.32. The van der Waals surface area contributed by atoms with Crippen LogP contribution in [0.3, 0.4) is 0 Å². The fourth-order valence-corrected chi connectivity index (χ4v) is 2.47. The van der Waals surface area contributed by atoms with E-state index in [1.54, 1.807) is 7.11 Å². The number of rotatable bonds is 4. The zero-order valence-corrected chi connectivity index (χ0v) is 12.5. The highest BCUT2D eigenvalue weighted by Gasteiger charge is 2.19. The zero-order valence-electron chi connectivity index (χ0n) is 10.9. The van der Waals surface area contributed by atoms with Gasteiger partial charge in [-0.1, -0.05) is 15.9 Å². The molecule has 0 aliphatic heterocycles. The van der Waals surface area contributed by atoms with Crippen LogP contribution < -0.4 is 9.64 Å². The highest BCUT2D eigenvalue weighted by molar-refractivity contribution is 9.10. The van der Waals surface area contributed by atoms with Gasteiger partial charge in [0.1, 0.15) is 12.0 Å². The molecule has 0 saturated carbocycles. The van der Waals surface area contributed by atoms with Gasteiger partial charge in [-0.2, -0.15) is 0 Å². The number of anilines is 1. The summed E-state index contributed by atoms with van der Waals surface area (Å²) in [6, 6.07) is 0. The maximum Gasteiger partial charge on any atom is 0.145 e. The molecule has 0 radical (unpaired) electrons. The molecule has 0 aliphatic rings. The van der Waals surface area contributed by atoms with Crippen molar-refractivity contribution in [1.29, 1.82) is 0 Å². The molecule has 0 atom stereocenters. The van der Waals surface area contributed by atoms with Gasteiger partial charge in [0.2, 0.25) is 0 Å². The minimum absolute atomic E-state index is 0.353. The summed E-state index contributed by atoms with van der Waals surface area (Å²) in [6.07, 6.45) is 0.891. The molecule has 0 N–H and O–H groups in total. The summed E-state index contributed by atoms with van der Waals surface area (Å²) in [5, 5.41) is 0. The Bertz CT molecular complexity index is 444. The lowest BCUT2D eigenvalue weighted by Crippen LogP contribution is -2.21. The van der Waals surface area contributed by atoms with Gasteiger partial charge in [0.25, 0.3) is 0 Å². The quantitative estimate of drug-likeness (QED) is 0.801. The van der Waals surface area contributed by atoms with Crippen LogP contribution in [0.4, 0.5) is 5.69 Å². The predicted octanol–water partition coefficient (Wildman–Crippen LogP) is 3.02. The minimum atomic E-state index is 0.353. The average molecular weight is 300 g/mol. The lowest BCUT2D eigenvalue weighted by atomic mass is 10.0. The molecule has 0 aromatic heterocycles. The average Bonchev–Trinajstić information content (AvgIpc) is 2.31. The van der Waals surface area contributed by atoms with E-state index in [1.165, 1.54) is 5.56 Å². The Kier molecular flexibility index (Phi) is 4.57. The third-order valence-corrected chi connectivity index (χ3v) is 4.26. The SMILES string of the molecule is COc1c(C)c(C)c(Br)c(C)c1N(C)CC=O. The van der Waals surface area contributed by atoms with Gasteiger partial charge >= 0.3 is 0 Å². The molecule has 94 valence electrons. The molecule has 0 aliphatic carbocycles. The van der Waals surface area contributed by atoms with Crippen molar-refractivity contribution in [3.05, 3.63) is 21.2 Å². The van der Waals surface area contributed by atoms with Crippen molar-refractivity contribution in [3.8, 4) is 5.75 Å². The first kappa shape index (κ1) is 14.0. The summed E-state index contributed by atoms with van der Waals surface area (Å²) in [6.45, 7) is 6.46. The second kappa shape index (κ2) is 5.54. The molecule has 0 bridgehead atoms. The number of aldehydes is 1. The van der Waals surface area contributed by atoms with Gasteiger partial charge in [0.15, 0.2) is 0 Å². The van der Waals surface area contributed by atoms with E-state index in [0.29, 0.717) is 6.54 Å². The number of halogens is 1. The number of likely N-dealkylation sites (N-methyl/N-ethyl adjacent to an activating group) is 1. The fraction of sp³-hybridized carbons (Fsp3) is 0.462. The number of benzene rings is 1. The van der Waals surface area contributed by atoms with Crippen molar-refractivity contribution >= 4 is 27.9 Å². The summed E-state index contributed by atoms with van der Waals surface area (Å²) >= 11 is 3.59. The summed E-state index contributed by atoms with van der Waals surface area (Å²) < 4.78 is 6.55. The first-order chi connectivity index (χ1) is 7.95. The van der Waals surface area contributed by atoms with Crippen molar-refractivity contribution in [1.82, 2.24) is 0 Å². The van der Waals surface area contributed by atoms with Gasteiger partial charge < -0.3 is 14.4 Å². The second-order valence-electron chi connectivity index (χ2n) is 4.12. The van der Waals surface area contributed by atoms with Crippen molar-refractivity contribution < 1.29 is 9.53 Å². The molecular formula is C13H18BrNO2.